The third-order valence-electron chi connectivity index (χ3n) is 3.46. The molecule has 96 valence electrons. The predicted octanol–water partition coefficient (Wildman–Crippen LogP) is 3.18. The van der Waals surface area contributed by atoms with Crippen molar-refractivity contribution in [1.29, 1.82) is 0 Å². The SMILES string of the molecule is CC(C)C(C)(C)S(=O)(=O)Cc1ccc(F)cc1. The zero-order chi connectivity index (χ0) is 13.3. The third kappa shape index (κ3) is 3.06. The summed E-state index contributed by atoms with van der Waals surface area (Å²) in [6, 6.07) is 5.60. The first-order valence-electron chi connectivity index (χ1n) is 5.63. The van der Waals surface area contributed by atoms with Gasteiger partial charge in [-0.3, -0.25) is 0 Å². The Labute approximate surface area is 103 Å². The van der Waals surface area contributed by atoms with Crippen LogP contribution in [0.5, 0.6) is 0 Å². The normalized spacial score (nSPS) is 13.1. The monoisotopic (exact) mass is 258 g/mol. The van der Waals surface area contributed by atoms with Gasteiger partial charge in [-0.25, -0.2) is 12.8 Å². The van der Waals surface area contributed by atoms with Gasteiger partial charge in [-0.15, -0.1) is 0 Å². The average molecular weight is 258 g/mol. The number of benzene rings is 1. The van der Waals surface area contributed by atoms with E-state index >= 15 is 0 Å². The fourth-order valence-electron chi connectivity index (χ4n) is 1.35. The molecule has 1 aromatic carbocycles. The average Bonchev–Trinajstić information content (AvgIpc) is 2.20. The van der Waals surface area contributed by atoms with E-state index in [-0.39, 0.29) is 17.5 Å². The van der Waals surface area contributed by atoms with E-state index in [4.69, 9.17) is 0 Å². The molecular weight excluding hydrogens is 239 g/mol. The van der Waals surface area contributed by atoms with Crippen LogP contribution in [-0.4, -0.2) is 13.2 Å². The molecule has 1 rings (SSSR count). The van der Waals surface area contributed by atoms with E-state index in [1.807, 2.05) is 13.8 Å². The molecule has 0 aliphatic rings. The summed E-state index contributed by atoms with van der Waals surface area (Å²) in [7, 11) is -3.25. The van der Waals surface area contributed by atoms with E-state index in [0.717, 1.165) is 0 Å². The largest absolute Gasteiger partial charge is 0.228 e. The molecule has 0 atom stereocenters. The standard InChI is InChI=1S/C13H19FO2S/c1-10(2)13(3,4)17(15,16)9-11-5-7-12(14)8-6-11/h5-8,10H,9H2,1-4H3. The van der Waals surface area contributed by atoms with Crippen LogP contribution in [0.1, 0.15) is 33.3 Å². The fourth-order valence-corrected chi connectivity index (χ4v) is 3.07. The number of sulfone groups is 1. The Balaban J connectivity index is 2.98. The van der Waals surface area contributed by atoms with E-state index in [2.05, 4.69) is 0 Å². The number of hydrogen-bond acceptors (Lipinski definition) is 2. The van der Waals surface area contributed by atoms with Crippen molar-refractivity contribution in [3.63, 3.8) is 0 Å². The molecule has 0 saturated heterocycles. The van der Waals surface area contributed by atoms with Gasteiger partial charge in [0, 0.05) is 0 Å². The molecule has 0 radical (unpaired) electrons. The molecule has 0 bridgehead atoms. The lowest BCUT2D eigenvalue weighted by Crippen LogP contribution is -2.38. The second-order valence-electron chi connectivity index (χ2n) is 5.14. The van der Waals surface area contributed by atoms with Crippen LogP contribution in [0.4, 0.5) is 4.39 Å². The van der Waals surface area contributed by atoms with Crippen molar-refractivity contribution in [2.45, 2.75) is 38.2 Å². The molecule has 2 nitrogen and oxygen atoms in total. The van der Waals surface area contributed by atoms with Gasteiger partial charge >= 0.3 is 0 Å². The van der Waals surface area contributed by atoms with Gasteiger partial charge in [0.2, 0.25) is 0 Å². The first kappa shape index (κ1) is 14.2. The maximum absolute atomic E-state index is 12.7. The summed E-state index contributed by atoms with van der Waals surface area (Å²) in [6.45, 7) is 7.25. The van der Waals surface area contributed by atoms with Gasteiger partial charge in [-0.1, -0.05) is 26.0 Å². The van der Waals surface area contributed by atoms with E-state index < -0.39 is 14.6 Å². The second-order valence-corrected chi connectivity index (χ2v) is 7.71. The Bertz CT molecular complexity index is 473. The first-order chi connectivity index (χ1) is 7.67. The predicted molar refractivity (Wildman–Crippen MR) is 67.9 cm³/mol. The van der Waals surface area contributed by atoms with Crippen molar-refractivity contribution < 1.29 is 12.8 Å². The fraction of sp³-hybridized carbons (Fsp3) is 0.538. The Kier molecular flexibility index (Phi) is 3.97. The van der Waals surface area contributed by atoms with Crippen molar-refractivity contribution in [1.82, 2.24) is 0 Å². The van der Waals surface area contributed by atoms with Crippen LogP contribution >= 0.6 is 0 Å². The van der Waals surface area contributed by atoms with Crippen LogP contribution in [-0.2, 0) is 15.6 Å². The summed E-state index contributed by atoms with van der Waals surface area (Å²) >= 11 is 0. The van der Waals surface area contributed by atoms with Crippen LogP contribution < -0.4 is 0 Å². The molecule has 1 aromatic rings. The van der Waals surface area contributed by atoms with E-state index in [1.165, 1.54) is 24.3 Å². The summed E-state index contributed by atoms with van der Waals surface area (Å²) in [6.07, 6.45) is 0. The highest BCUT2D eigenvalue weighted by molar-refractivity contribution is 7.92. The molecule has 0 amide bonds. The van der Waals surface area contributed by atoms with E-state index in [1.54, 1.807) is 13.8 Å². The maximum atomic E-state index is 12.7. The molecule has 0 aliphatic heterocycles. The van der Waals surface area contributed by atoms with Crippen LogP contribution in [0.25, 0.3) is 0 Å². The van der Waals surface area contributed by atoms with Gasteiger partial charge in [0.15, 0.2) is 9.84 Å². The van der Waals surface area contributed by atoms with Gasteiger partial charge in [0.25, 0.3) is 0 Å². The minimum Gasteiger partial charge on any atom is -0.228 e. The van der Waals surface area contributed by atoms with Crippen molar-refractivity contribution in [3.8, 4) is 0 Å². The van der Waals surface area contributed by atoms with Gasteiger partial charge in [-0.05, 0) is 37.5 Å². The summed E-state index contributed by atoms with van der Waals surface area (Å²) in [4.78, 5) is 0. The molecule has 0 N–H and O–H groups in total. The lowest BCUT2D eigenvalue weighted by Gasteiger charge is -2.29. The van der Waals surface area contributed by atoms with Crippen molar-refractivity contribution in [2.75, 3.05) is 0 Å². The van der Waals surface area contributed by atoms with E-state index in [9.17, 15) is 12.8 Å². The zero-order valence-electron chi connectivity index (χ0n) is 10.7. The summed E-state index contributed by atoms with van der Waals surface area (Å²) in [5.41, 5.74) is 0.625. The lowest BCUT2D eigenvalue weighted by molar-refractivity contribution is 0.453. The lowest BCUT2D eigenvalue weighted by atomic mass is 10.00. The van der Waals surface area contributed by atoms with Gasteiger partial charge < -0.3 is 0 Å². The van der Waals surface area contributed by atoms with Crippen molar-refractivity contribution >= 4 is 9.84 Å². The molecule has 0 spiro atoms. The summed E-state index contributed by atoms with van der Waals surface area (Å²) in [5, 5.41) is 0. The topological polar surface area (TPSA) is 34.1 Å². The van der Waals surface area contributed by atoms with Crippen LogP contribution in [0, 0.1) is 11.7 Å². The van der Waals surface area contributed by atoms with Crippen LogP contribution in [0.3, 0.4) is 0 Å². The molecular formula is C13H19FO2S. The molecule has 0 aliphatic carbocycles. The summed E-state index contributed by atoms with van der Waals surface area (Å²) < 4.78 is 36.5. The molecule has 4 heteroatoms. The van der Waals surface area contributed by atoms with Crippen LogP contribution in [0.15, 0.2) is 24.3 Å². The highest BCUT2D eigenvalue weighted by Gasteiger charge is 2.36. The Hall–Kier alpha value is -0.900. The van der Waals surface area contributed by atoms with Crippen molar-refractivity contribution in [3.05, 3.63) is 35.6 Å². The van der Waals surface area contributed by atoms with Gasteiger partial charge in [0.05, 0.1) is 10.5 Å². The highest BCUT2D eigenvalue weighted by Crippen LogP contribution is 2.28. The minimum absolute atomic E-state index is 0.0351. The second kappa shape index (κ2) is 4.77. The number of halogens is 1. The third-order valence-corrected chi connectivity index (χ3v) is 6.25. The molecule has 0 fully saturated rings. The first-order valence-corrected chi connectivity index (χ1v) is 7.29. The quantitative estimate of drug-likeness (QED) is 0.831. The van der Waals surface area contributed by atoms with Crippen molar-refractivity contribution in [2.24, 2.45) is 5.92 Å². The zero-order valence-corrected chi connectivity index (χ0v) is 11.5. The molecule has 0 saturated carbocycles. The number of rotatable bonds is 4. The highest BCUT2D eigenvalue weighted by atomic mass is 32.2. The van der Waals surface area contributed by atoms with E-state index in [0.29, 0.717) is 5.56 Å². The molecule has 0 aromatic heterocycles. The smallest absolute Gasteiger partial charge is 0.159 e. The van der Waals surface area contributed by atoms with Crippen LogP contribution in [0.2, 0.25) is 0 Å². The minimum atomic E-state index is -3.25. The maximum Gasteiger partial charge on any atom is 0.159 e. The number of hydrogen-bond donors (Lipinski definition) is 0. The van der Waals surface area contributed by atoms with Gasteiger partial charge in [-0.2, -0.15) is 0 Å². The Morgan fingerprint density at radius 1 is 1.18 bits per heavy atom. The van der Waals surface area contributed by atoms with Gasteiger partial charge in [0.1, 0.15) is 5.82 Å². The summed E-state index contributed by atoms with van der Waals surface area (Å²) in [5.74, 6) is -0.361. The molecule has 17 heavy (non-hydrogen) atoms. The molecule has 0 unspecified atom stereocenters. The Morgan fingerprint density at radius 3 is 2.06 bits per heavy atom. The molecule has 0 heterocycles. The Morgan fingerprint density at radius 2 is 1.65 bits per heavy atom.